The van der Waals surface area contributed by atoms with Gasteiger partial charge in [0.25, 0.3) is 0 Å². The van der Waals surface area contributed by atoms with Gasteiger partial charge < -0.3 is 10.1 Å². The van der Waals surface area contributed by atoms with E-state index in [1.807, 2.05) is 54.6 Å². The van der Waals surface area contributed by atoms with E-state index in [1.54, 1.807) is 6.92 Å². The number of hydrogen-bond acceptors (Lipinski definition) is 3. The number of carbonyl (C=O) groups excluding carboxylic acids is 1. The SMILES string of the molecule is CC(=O)CCNc1ccc(Oc2ccccc2)cc1. The van der Waals surface area contributed by atoms with Gasteiger partial charge >= 0.3 is 0 Å². The lowest BCUT2D eigenvalue weighted by Crippen LogP contribution is -2.05. The number of carbonyl (C=O) groups is 1. The van der Waals surface area contributed by atoms with Crippen molar-refractivity contribution in [1.29, 1.82) is 0 Å². The summed E-state index contributed by atoms with van der Waals surface area (Å²) in [6.45, 7) is 2.26. The molecule has 2 aromatic rings. The summed E-state index contributed by atoms with van der Waals surface area (Å²) in [5, 5.41) is 3.19. The molecule has 0 aliphatic carbocycles. The van der Waals surface area contributed by atoms with Gasteiger partial charge in [0.1, 0.15) is 17.3 Å². The van der Waals surface area contributed by atoms with Crippen LogP contribution in [0.1, 0.15) is 13.3 Å². The molecule has 0 unspecified atom stereocenters. The first-order chi connectivity index (χ1) is 9.24. The number of anilines is 1. The van der Waals surface area contributed by atoms with Crippen molar-refractivity contribution in [1.82, 2.24) is 0 Å². The Morgan fingerprint density at radius 1 is 1.00 bits per heavy atom. The highest BCUT2D eigenvalue weighted by Gasteiger charge is 1.98. The minimum atomic E-state index is 0.191. The van der Waals surface area contributed by atoms with Crippen LogP contribution in [0.3, 0.4) is 0 Å². The van der Waals surface area contributed by atoms with Crippen LogP contribution in [-0.4, -0.2) is 12.3 Å². The number of ether oxygens (including phenoxy) is 1. The van der Waals surface area contributed by atoms with Gasteiger partial charge in [0.15, 0.2) is 0 Å². The molecule has 2 aromatic carbocycles. The molecule has 3 nitrogen and oxygen atoms in total. The summed E-state index contributed by atoms with van der Waals surface area (Å²) in [6, 6.07) is 17.4. The minimum absolute atomic E-state index is 0.191. The number of hydrogen-bond donors (Lipinski definition) is 1. The molecular formula is C16H17NO2. The zero-order valence-corrected chi connectivity index (χ0v) is 10.9. The average molecular weight is 255 g/mol. The van der Waals surface area contributed by atoms with Gasteiger partial charge in [0.2, 0.25) is 0 Å². The van der Waals surface area contributed by atoms with E-state index in [4.69, 9.17) is 4.74 Å². The molecule has 98 valence electrons. The van der Waals surface area contributed by atoms with E-state index in [2.05, 4.69) is 5.32 Å². The number of Topliss-reactive ketones (excluding diaryl/α,β-unsaturated/α-hetero) is 1. The van der Waals surface area contributed by atoms with E-state index in [0.29, 0.717) is 13.0 Å². The standard InChI is InChI=1S/C16H17NO2/c1-13(18)11-12-17-14-7-9-16(10-8-14)19-15-5-3-2-4-6-15/h2-10,17H,11-12H2,1H3. The monoisotopic (exact) mass is 255 g/mol. The van der Waals surface area contributed by atoms with Crippen LogP contribution in [-0.2, 0) is 4.79 Å². The zero-order chi connectivity index (χ0) is 13.5. The molecule has 0 bridgehead atoms. The molecule has 0 atom stereocenters. The average Bonchev–Trinajstić information content (AvgIpc) is 2.42. The molecule has 0 saturated carbocycles. The van der Waals surface area contributed by atoms with Crippen molar-refractivity contribution < 1.29 is 9.53 Å². The first-order valence-corrected chi connectivity index (χ1v) is 6.30. The lowest BCUT2D eigenvalue weighted by Gasteiger charge is -2.08. The lowest BCUT2D eigenvalue weighted by molar-refractivity contribution is -0.116. The van der Waals surface area contributed by atoms with Crippen molar-refractivity contribution in [3.63, 3.8) is 0 Å². The Kier molecular flexibility index (Phi) is 4.56. The summed E-state index contributed by atoms with van der Waals surface area (Å²) in [5.74, 6) is 1.81. The maximum atomic E-state index is 10.8. The van der Waals surface area contributed by atoms with Crippen molar-refractivity contribution in [2.45, 2.75) is 13.3 Å². The molecule has 3 heteroatoms. The van der Waals surface area contributed by atoms with Gasteiger partial charge in [-0.1, -0.05) is 18.2 Å². The number of ketones is 1. The molecule has 1 N–H and O–H groups in total. The number of para-hydroxylation sites is 1. The van der Waals surface area contributed by atoms with Crippen molar-refractivity contribution >= 4 is 11.5 Å². The third-order valence-corrected chi connectivity index (χ3v) is 2.64. The molecule has 0 aliphatic heterocycles. The fourth-order valence-corrected chi connectivity index (χ4v) is 1.65. The van der Waals surface area contributed by atoms with E-state index in [-0.39, 0.29) is 5.78 Å². The van der Waals surface area contributed by atoms with Gasteiger partial charge in [0.05, 0.1) is 0 Å². The van der Waals surface area contributed by atoms with Gasteiger partial charge in [-0.3, -0.25) is 4.79 Å². The summed E-state index contributed by atoms with van der Waals surface area (Å²) in [4.78, 5) is 10.8. The van der Waals surface area contributed by atoms with Crippen LogP contribution in [0.25, 0.3) is 0 Å². The van der Waals surface area contributed by atoms with Crippen molar-refractivity contribution in [3.05, 3.63) is 54.6 Å². The summed E-state index contributed by atoms with van der Waals surface area (Å²) in [6.07, 6.45) is 0.544. The van der Waals surface area contributed by atoms with Crippen LogP contribution in [0.15, 0.2) is 54.6 Å². The predicted octanol–water partition coefficient (Wildman–Crippen LogP) is 3.87. The smallest absolute Gasteiger partial charge is 0.131 e. The van der Waals surface area contributed by atoms with Gasteiger partial charge in [-0.2, -0.15) is 0 Å². The summed E-state index contributed by atoms with van der Waals surface area (Å²) in [5.41, 5.74) is 0.988. The van der Waals surface area contributed by atoms with E-state index in [1.165, 1.54) is 0 Å². The second-order valence-corrected chi connectivity index (χ2v) is 4.32. The highest BCUT2D eigenvalue weighted by atomic mass is 16.5. The van der Waals surface area contributed by atoms with Gasteiger partial charge in [-0.05, 0) is 43.3 Å². The Bertz CT molecular complexity index is 520. The van der Waals surface area contributed by atoms with Crippen LogP contribution < -0.4 is 10.1 Å². The Morgan fingerprint density at radius 2 is 1.63 bits per heavy atom. The Labute approximate surface area is 113 Å². The molecule has 0 fully saturated rings. The molecule has 0 aliphatic rings. The third-order valence-electron chi connectivity index (χ3n) is 2.64. The van der Waals surface area contributed by atoms with Crippen LogP contribution >= 0.6 is 0 Å². The Morgan fingerprint density at radius 3 is 2.26 bits per heavy atom. The van der Waals surface area contributed by atoms with Crippen LogP contribution in [0.4, 0.5) is 5.69 Å². The number of rotatable bonds is 6. The predicted molar refractivity (Wildman–Crippen MR) is 76.7 cm³/mol. The first kappa shape index (κ1) is 13.1. The van der Waals surface area contributed by atoms with Crippen molar-refractivity contribution in [3.8, 4) is 11.5 Å². The van der Waals surface area contributed by atoms with Gasteiger partial charge in [-0.25, -0.2) is 0 Å². The Hall–Kier alpha value is -2.29. The second kappa shape index (κ2) is 6.59. The van der Waals surface area contributed by atoms with Crippen LogP contribution in [0, 0.1) is 0 Å². The van der Waals surface area contributed by atoms with E-state index in [0.717, 1.165) is 17.2 Å². The molecule has 0 saturated heterocycles. The molecule has 19 heavy (non-hydrogen) atoms. The van der Waals surface area contributed by atoms with Crippen molar-refractivity contribution in [2.75, 3.05) is 11.9 Å². The normalized spacial score (nSPS) is 9.95. The molecule has 0 spiro atoms. The van der Waals surface area contributed by atoms with Crippen LogP contribution in [0.5, 0.6) is 11.5 Å². The summed E-state index contributed by atoms with van der Waals surface area (Å²) in [7, 11) is 0. The van der Waals surface area contributed by atoms with E-state index >= 15 is 0 Å². The molecular weight excluding hydrogens is 238 g/mol. The van der Waals surface area contributed by atoms with Gasteiger partial charge in [0, 0.05) is 18.7 Å². The number of benzene rings is 2. The largest absolute Gasteiger partial charge is 0.457 e. The van der Waals surface area contributed by atoms with E-state index in [9.17, 15) is 4.79 Å². The topological polar surface area (TPSA) is 38.3 Å². The maximum Gasteiger partial charge on any atom is 0.131 e. The van der Waals surface area contributed by atoms with Crippen LogP contribution in [0.2, 0.25) is 0 Å². The first-order valence-electron chi connectivity index (χ1n) is 6.30. The minimum Gasteiger partial charge on any atom is -0.457 e. The molecule has 0 heterocycles. The van der Waals surface area contributed by atoms with Crippen molar-refractivity contribution in [2.24, 2.45) is 0 Å². The maximum absolute atomic E-state index is 10.8. The second-order valence-electron chi connectivity index (χ2n) is 4.32. The van der Waals surface area contributed by atoms with Gasteiger partial charge in [-0.15, -0.1) is 0 Å². The Balaban J connectivity index is 1.89. The third kappa shape index (κ3) is 4.47. The molecule has 0 radical (unpaired) electrons. The molecule has 2 rings (SSSR count). The quantitative estimate of drug-likeness (QED) is 0.851. The fraction of sp³-hybridized carbons (Fsp3) is 0.188. The highest BCUT2D eigenvalue weighted by Crippen LogP contribution is 2.22. The fourth-order valence-electron chi connectivity index (χ4n) is 1.65. The zero-order valence-electron chi connectivity index (χ0n) is 10.9. The highest BCUT2D eigenvalue weighted by molar-refractivity contribution is 5.76. The molecule has 0 aromatic heterocycles. The lowest BCUT2D eigenvalue weighted by atomic mass is 10.2. The summed E-state index contributed by atoms with van der Waals surface area (Å²) < 4.78 is 5.69. The number of nitrogens with one attached hydrogen (secondary N) is 1. The molecule has 0 amide bonds. The summed E-state index contributed by atoms with van der Waals surface area (Å²) >= 11 is 0. The van der Waals surface area contributed by atoms with E-state index < -0.39 is 0 Å².